The lowest BCUT2D eigenvalue weighted by atomic mass is 9.97. The fourth-order valence-corrected chi connectivity index (χ4v) is 7.82. The van der Waals surface area contributed by atoms with Crippen molar-refractivity contribution in [3.8, 4) is 56.4 Å². The molecule has 0 unspecified atom stereocenters. The van der Waals surface area contributed by atoms with Gasteiger partial charge in [-0.3, -0.25) is 0 Å². The lowest BCUT2D eigenvalue weighted by Gasteiger charge is -2.12. The van der Waals surface area contributed by atoms with Crippen molar-refractivity contribution >= 4 is 54.6 Å². The molecule has 8 aromatic carbocycles. The second kappa shape index (κ2) is 12.1. The molecule has 54 heavy (non-hydrogen) atoms. The lowest BCUT2D eigenvalue weighted by molar-refractivity contribution is 0.669. The van der Waals surface area contributed by atoms with Crippen LogP contribution in [0.15, 0.2) is 185 Å². The summed E-state index contributed by atoms with van der Waals surface area (Å²) in [6.07, 6.45) is 0. The molecule has 0 aliphatic heterocycles. The number of benzene rings is 8. The molecule has 11 aromatic rings. The van der Waals surface area contributed by atoms with E-state index in [4.69, 9.17) is 23.8 Å². The zero-order valence-electron chi connectivity index (χ0n) is 28.9. The fourth-order valence-electron chi connectivity index (χ4n) is 7.82. The Morgan fingerprint density at radius 3 is 1.59 bits per heavy atom. The summed E-state index contributed by atoms with van der Waals surface area (Å²) in [6, 6.07) is 60.3. The summed E-state index contributed by atoms with van der Waals surface area (Å²) in [4.78, 5) is 15.7. The molecule has 0 atom stereocenters. The van der Waals surface area contributed by atoms with Crippen molar-refractivity contribution in [2.75, 3.05) is 0 Å². The third-order valence-electron chi connectivity index (χ3n) is 10.4. The van der Waals surface area contributed by atoms with E-state index < -0.39 is 0 Å². The number of aromatic nitrogens is 3. The Morgan fingerprint density at radius 2 is 0.833 bits per heavy atom. The van der Waals surface area contributed by atoms with E-state index in [0.29, 0.717) is 17.5 Å². The molecular formula is C49H29N3O2. The van der Waals surface area contributed by atoms with E-state index in [1.54, 1.807) is 0 Å². The van der Waals surface area contributed by atoms with Gasteiger partial charge in [0.05, 0.1) is 0 Å². The molecule has 5 heteroatoms. The van der Waals surface area contributed by atoms with Gasteiger partial charge in [0.25, 0.3) is 0 Å². The van der Waals surface area contributed by atoms with Gasteiger partial charge in [0.2, 0.25) is 0 Å². The summed E-state index contributed by atoms with van der Waals surface area (Å²) >= 11 is 0. The summed E-state index contributed by atoms with van der Waals surface area (Å²) in [7, 11) is 0. The molecule has 11 rings (SSSR count). The van der Waals surface area contributed by atoms with E-state index in [-0.39, 0.29) is 0 Å². The zero-order chi connectivity index (χ0) is 35.6. The van der Waals surface area contributed by atoms with Gasteiger partial charge < -0.3 is 8.83 Å². The standard InChI is InChI=1S/C49H29N3O2/c1-3-12-30(13-4-1)31-22-24-33(25-23-31)47-50-48(37-19-11-18-36-35(37)28-29-43-44(36)38-16-7-9-20-41(38)53-43)52-49(51-47)40-27-26-34(32-14-5-2-6-15-32)46-45(40)39-17-8-10-21-42(39)54-46/h1-29H. The molecule has 0 aliphatic carbocycles. The van der Waals surface area contributed by atoms with Crippen molar-refractivity contribution < 1.29 is 8.83 Å². The Bertz CT molecular complexity index is 3200. The Balaban J connectivity index is 1.17. The van der Waals surface area contributed by atoms with Gasteiger partial charge in [0.1, 0.15) is 22.3 Å². The van der Waals surface area contributed by atoms with Crippen LogP contribution in [0.3, 0.4) is 0 Å². The van der Waals surface area contributed by atoms with Crippen molar-refractivity contribution in [1.82, 2.24) is 15.0 Å². The first-order valence-electron chi connectivity index (χ1n) is 18.0. The Labute approximate surface area is 309 Å². The Hall–Kier alpha value is -7.37. The van der Waals surface area contributed by atoms with E-state index in [0.717, 1.165) is 93.6 Å². The molecule has 0 spiro atoms. The number of nitrogens with zero attached hydrogens (tertiary/aromatic N) is 3. The highest BCUT2D eigenvalue weighted by Gasteiger charge is 2.22. The number of fused-ring (bicyclic) bond motifs is 8. The predicted octanol–water partition coefficient (Wildman–Crippen LogP) is 13.2. The highest BCUT2D eigenvalue weighted by atomic mass is 16.3. The van der Waals surface area contributed by atoms with E-state index in [2.05, 4.69) is 133 Å². The monoisotopic (exact) mass is 691 g/mol. The third kappa shape index (κ3) is 4.83. The SMILES string of the molecule is c1ccc(-c2ccc(-c3nc(-c4cccc5c4ccc4oc6ccccc6c45)nc(-c4ccc(-c5ccccc5)c5oc6ccccc6c45)n3)cc2)cc1. The topological polar surface area (TPSA) is 65.0 Å². The molecule has 0 fully saturated rings. The van der Waals surface area contributed by atoms with Gasteiger partial charge >= 0.3 is 0 Å². The third-order valence-corrected chi connectivity index (χ3v) is 10.4. The maximum absolute atomic E-state index is 6.63. The van der Waals surface area contributed by atoms with Crippen molar-refractivity contribution in [2.24, 2.45) is 0 Å². The van der Waals surface area contributed by atoms with Crippen molar-refractivity contribution in [3.63, 3.8) is 0 Å². The smallest absolute Gasteiger partial charge is 0.164 e. The summed E-state index contributed by atoms with van der Waals surface area (Å²) in [5.74, 6) is 1.76. The minimum Gasteiger partial charge on any atom is -0.456 e. The molecule has 0 saturated carbocycles. The van der Waals surface area contributed by atoms with E-state index >= 15 is 0 Å². The van der Waals surface area contributed by atoms with Crippen LogP contribution in [-0.4, -0.2) is 15.0 Å². The van der Waals surface area contributed by atoms with Crippen LogP contribution in [0.5, 0.6) is 0 Å². The number of furan rings is 2. The normalized spacial score (nSPS) is 11.7. The average Bonchev–Trinajstić information content (AvgIpc) is 3.83. The first-order chi connectivity index (χ1) is 26.8. The molecule has 0 N–H and O–H groups in total. The van der Waals surface area contributed by atoms with Gasteiger partial charge in [-0.2, -0.15) is 0 Å². The molecule has 3 aromatic heterocycles. The minimum absolute atomic E-state index is 0.574. The Kier molecular flexibility index (Phi) is 6.79. The summed E-state index contributed by atoms with van der Waals surface area (Å²) in [5, 5.41) is 6.27. The van der Waals surface area contributed by atoms with Gasteiger partial charge in [-0.15, -0.1) is 0 Å². The molecular weight excluding hydrogens is 663 g/mol. The van der Waals surface area contributed by atoms with Gasteiger partial charge in [-0.05, 0) is 63.9 Å². The number of rotatable bonds is 5. The quantitative estimate of drug-likeness (QED) is 0.180. The number of para-hydroxylation sites is 2. The van der Waals surface area contributed by atoms with Crippen LogP contribution in [0.1, 0.15) is 0 Å². The lowest BCUT2D eigenvalue weighted by Crippen LogP contribution is -2.01. The van der Waals surface area contributed by atoms with Gasteiger partial charge in [-0.25, -0.2) is 15.0 Å². The maximum atomic E-state index is 6.63. The first-order valence-corrected chi connectivity index (χ1v) is 18.0. The van der Waals surface area contributed by atoms with Gasteiger partial charge in [-0.1, -0.05) is 140 Å². The summed E-state index contributed by atoms with van der Waals surface area (Å²) < 4.78 is 12.9. The van der Waals surface area contributed by atoms with Gasteiger partial charge in [0, 0.05) is 43.8 Å². The molecule has 0 saturated heterocycles. The van der Waals surface area contributed by atoms with Crippen LogP contribution in [0.4, 0.5) is 0 Å². The van der Waals surface area contributed by atoms with Crippen LogP contribution in [0, 0.1) is 0 Å². The fraction of sp³-hybridized carbons (Fsp3) is 0. The second-order valence-electron chi connectivity index (χ2n) is 13.5. The summed E-state index contributed by atoms with van der Waals surface area (Å²) in [5.41, 5.74) is 10.4. The second-order valence-corrected chi connectivity index (χ2v) is 13.5. The highest BCUT2D eigenvalue weighted by molar-refractivity contribution is 6.21. The highest BCUT2D eigenvalue weighted by Crippen LogP contribution is 2.42. The van der Waals surface area contributed by atoms with Gasteiger partial charge in [0.15, 0.2) is 17.5 Å². The van der Waals surface area contributed by atoms with Crippen molar-refractivity contribution in [3.05, 3.63) is 176 Å². The van der Waals surface area contributed by atoms with E-state index in [1.807, 2.05) is 42.5 Å². The number of hydrogen-bond acceptors (Lipinski definition) is 5. The molecule has 5 nitrogen and oxygen atoms in total. The molecule has 0 amide bonds. The summed E-state index contributed by atoms with van der Waals surface area (Å²) in [6.45, 7) is 0. The molecule has 3 heterocycles. The first kappa shape index (κ1) is 30.3. The maximum Gasteiger partial charge on any atom is 0.164 e. The van der Waals surface area contributed by atoms with Crippen LogP contribution >= 0.6 is 0 Å². The van der Waals surface area contributed by atoms with Crippen LogP contribution < -0.4 is 0 Å². The largest absolute Gasteiger partial charge is 0.456 e. The van der Waals surface area contributed by atoms with E-state index in [1.165, 1.54) is 0 Å². The molecule has 0 aliphatic rings. The predicted molar refractivity (Wildman–Crippen MR) is 219 cm³/mol. The van der Waals surface area contributed by atoms with Crippen LogP contribution in [-0.2, 0) is 0 Å². The molecule has 0 bridgehead atoms. The van der Waals surface area contributed by atoms with E-state index in [9.17, 15) is 0 Å². The average molecular weight is 692 g/mol. The Morgan fingerprint density at radius 1 is 0.278 bits per heavy atom. The molecule has 252 valence electrons. The number of hydrogen-bond donors (Lipinski definition) is 0. The minimum atomic E-state index is 0.574. The van der Waals surface area contributed by atoms with Crippen LogP contribution in [0.25, 0.3) is 111 Å². The molecule has 0 radical (unpaired) electrons. The van der Waals surface area contributed by atoms with Crippen molar-refractivity contribution in [1.29, 1.82) is 0 Å². The van der Waals surface area contributed by atoms with Crippen molar-refractivity contribution in [2.45, 2.75) is 0 Å². The zero-order valence-corrected chi connectivity index (χ0v) is 28.9. The van der Waals surface area contributed by atoms with Crippen LogP contribution in [0.2, 0.25) is 0 Å².